The summed E-state index contributed by atoms with van der Waals surface area (Å²) in [6, 6.07) is 46.9. The topological polar surface area (TPSA) is 38.9 Å². The summed E-state index contributed by atoms with van der Waals surface area (Å²) in [6.07, 6.45) is 1.87. The third kappa shape index (κ3) is 7.97. The van der Waals surface area contributed by atoms with Gasteiger partial charge in [0.05, 0.1) is 13.7 Å². The summed E-state index contributed by atoms with van der Waals surface area (Å²) in [5.74, 6) is -0.696. The molecule has 0 aliphatic rings. The summed E-state index contributed by atoms with van der Waals surface area (Å²) in [5, 5.41) is 7.93. The molecule has 0 N–H and O–H groups in total. The van der Waals surface area contributed by atoms with E-state index >= 15 is 0 Å². The number of aryl methyl sites for hydroxylation is 1. The van der Waals surface area contributed by atoms with Crippen LogP contribution in [0.3, 0.4) is 0 Å². The van der Waals surface area contributed by atoms with Gasteiger partial charge in [-0.1, -0.05) is 141 Å². The predicted octanol–water partition coefficient (Wildman–Crippen LogP) is 12.9. The first kappa shape index (κ1) is 31.1. The number of rotatable bonds is 6. The summed E-state index contributed by atoms with van der Waals surface area (Å²) in [5.41, 5.74) is 6.81. The van der Waals surface area contributed by atoms with E-state index < -0.39 is 27.2 Å². The zero-order chi connectivity index (χ0) is 42.6. The van der Waals surface area contributed by atoms with Crippen LogP contribution in [0.4, 0.5) is 0 Å². The van der Waals surface area contributed by atoms with Crippen molar-refractivity contribution in [2.75, 3.05) is 0 Å². The Morgan fingerprint density at radius 1 is 0.764 bits per heavy atom. The number of nitrogens with zero attached hydrogens (tertiary/aromatic N) is 2. The predicted molar refractivity (Wildman–Crippen MR) is 230 cm³/mol. The van der Waals surface area contributed by atoms with Crippen molar-refractivity contribution in [3.8, 4) is 22.5 Å². The molecule has 9 rings (SSSR count). The first-order valence-corrected chi connectivity index (χ1v) is 21.6. The molecule has 0 aliphatic heterocycles. The van der Waals surface area contributed by atoms with E-state index in [4.69, 9.17) is 12.6 Å². The molecule has 5 heteroatoms. The van der Waals surface area contributed by atoms with Gasteiger partial charge in [-0.15, -0.1) is 53.6 Å². The molecular formula is C50H44IrN2OSi-2. The second kappa shape index (κ2) is 15.9. The number of benzene rings is 6. The largest absolute Gasteiger partial charge is 0.501 e. The van der Waals surface area contributed by atoms with Gasteiger partial charge >= 0.3 is 0 Å². The Bertz CT molecular complexity index is 3030. The van der Waals surface area contributed by atoms with Gasteiger partial charge in [-0.2, -0.15) is 0 Å². The second-order valence-electron chi connectivity index (χ2n) is 14.8. The van der Waals surface area contributed by atoms with Crippen LogP contribution in [0.2, 0.25) is 19.6 Å². The quantitative estimate of drug-likeness (QED) is 0.0948. The Morgan fingerprint density at radius 2 is 1.56 bits per heavy atom. The second-order valence-corrected chi connectivity index (χ2v) is 19.9. The normalized spacial score (nSPS) is 13.8. The maximum atomic E-state index is 8.88. The van der Waals surface area contributed by atoms with E-state index in [0.717, 1.165) is 43.9 Å². The van der Waals surface area contributed by atoms with Crippen molar-refractivity contribution in [1.82, 2.24) is 9.97 Å². The van der Waals surface area contributed by atoms with Crippen molar-refractivity contribution in [3.05, 3.63) is 174 Å². The smallest absolute Gasteiger partial charge is 0.121 e. The number of hydrogen-bond acceptors (Lipinski definition) is 3. The summed E-state index contributed by atoms with van der Waals surface area (Å²) >= 11 is 0. The van der Waals surface area contributed by atoms with Gasteiger partial charge in [-0.25, -0.2) is 0 Å². The fourth-order valence-corrected chi connectivity index (χ4v) is 8.27. The van der Waals surface area contributed by atoms with E-state index in [-0.39, 0.29) is 25.7 Å². The molecule has 1 radical (unpaired) electrons. The molecule has 3 heterocycles. The van der Waals surface area contributed by atoms with E-state index in [2.05, 4.69) is 96.3 Å². The molecule has 9 aromatic rings. The summed E-state index contributed by atoms with van der Waals surface area (Å²) in [6.45, 7) is 8.10. The van der Waals surface area contributed by atoms with Gasteiger partial charge in [0.15, 0.2) is 0 Å². The maximum absolute atomic E-state index is 8.88. The van der Waals surface area contributed by atoms with Crippen molar-refractivity contribution in [2.45, 2.75) is 52.6 Å². The molecule has 0 unspecified atom stereocenters. The van der Waals surface area contributed by atoms with Crippen molar-refractivity contribution < 1.29 is 32.7 Å². The SMILES string of the molecule is [2H]C(C)(C)c1ccnc(-c2[c-]ccc3c2oc2cc4c(ccc5ccccc54)cc23)c1.[2H]C([2H])([2H])c1c[c-]c(-c2cc(C([2H])([2H])c3ccccc3)c([Si](C)(C)C)cn2)cc1.[Ir]. The Morgan fingerprint density at radius 3 is 2.33 bits per heavy atom. The van der Waals surface area contributed by atoms with Crippen LogP contribution in [-0.2, 0) is 26.5 Å². The molecule has 0 saturated carbocycles. The Labute approximate surface area is 347 Å². The average molecular weight is 915 g/mol. The number of hydrogen-bond donors (Lipinski definition) is 0. The van der Waals surface area contributed by atoms with E-state index in [1.165, 1.54) is 27.6 Å². The van der Waals surface area contributed by atoms with Crippen molar-refractivity contribution in [3.63, 3.8) is 0 Å². The Hall–Kier alpha value is -5.19. The molecule has 55 heavy (non-hydrogen) atoms. The molecule has 0 saturated heterocycles. The first-order valence-electron chi connectivity index (χ1n) is 21.1. The zero-order valence-electron chi connectivity index (χ0n) is 37.4. The zero-order valence-corrected chi connectivity index (χ0v) is 34.8. The monoisotopic (exact) mass is 915 g/mol. The van der Waals surface area contributed by atoms with Crippen molar-refractivity contribution in [2.24, 2.45) is 0 Å². The van der Waals surface area contributed by atoms with Crippen LogP contribution >= 0.6 is 0 Å². The van der Waals surface area contributed by atoms with Gasteiger partial charge in [-0.05, 0) is 74.1 Å². The van der Waals surface area contributed by atoms with Gasteiger partial charge in [0.1, 0.15) is 5.58 Å². The molecule has 0 amide bonds. The Balaban J connectivity index is 0.000000182. The molecule has 6 aromatic carbocycles. The van der Waals surface area contributed by atoms with Gasteiger partial charge in [0, 0.05) is 46.1 Å². The van der Waals surface area contributed by atoms with Gasteiger partial charge < -0.3 is 14.4 Å². The average Bonchev–Trinajstić information content (AvgIpc) is 3.60. The standard InChI is InChI=1S/C28H20NO.C22H24NSi.Ir/c1-17(2)19-12-13-29-26(15-19)23-9-5-8-22-25-14-20-11-10-18-6-3-4-7-21(18)24(20)16-27(25)30-28(22)23;1-17-10-12-19(13-11-17)21-15-20(14-18-8-6-5-7-9-18)22(16-23-21)24(2,3)4;/h3-8,10-17H,1-2H3;5-12,15-16H,14H2,1-4H3;/q2*-1;/i17D;1D3,14D2;. The molecule has 0 aliphatic carbocycles. The molecule has 3 nitrogen and oxygen atoms in total. The van der Waals surface area contributed by atoms with Gasteiger partial charge in [0.2, 0.25) is 0 Å². The number of furan rings is 1. The first-order chi connectivity index (χ1) is 28.4. The summed E-state index contributed by atoms with van der Waals surface area (Å²) in [4.78, 5) is 9.14. The fraction of sp³-hybridized carbons (Fsp3) is 0.160. The van der Waals surface area contributed by atoms with E-state index in [9.17, 15) is 0 Å². The summed E-state index contributed by atoms with van der Waals surface area (Å²) in [7, 11) is -1.87. The van der Waals surface area contributed by atoms with Crippen LogP contribution in [-0.4, -0.2) is 18.0 Å². The molecule has 0 spiro atoms. The van der Waals surface area contributed by atoms with Crippen LogP contribution in [0, 0.1) is 19.0 Å². The van der Waals surface area contributed by atoms with E-state index in [1.54, 1.807) is 42.7 Å². The third-order valence-electron chi connectivity index (χ3n) is 9.74. The molecule has 0 atom stereocenters. The van der Waals surface area contributed by atoms with Gasteiger partial charge in [-0.3, -0.25) is 0 Å². The van der Waals surface area contributed by atoms with Crippen LogP contribution in [0.5, 0.6) is 0 Å². The van der Waals surface area contributed by atoms with Crippen molar-refractivity contribution >= 4 is 56.7 Å². The Kier molecular flexibility index (Phi) is 8.97. The van der Waals surface area contributed by atoms with E-state index in [0.29, 0.717) is 22.4 Å². The maximum Gasteiger partial charge on any atom is 0.121 e. The number of pyridine rings is 2. The van der Waals surface area contributed by atoms with Crippen LogP contribution < -0.4 is 5.19 Å². The van der Waals surface area contributed by atoms with Crippen molar-refractivity contribution in [1.29, 1.82) is 0 Å². The minimum absolute atomic E-state index is 0. The van der Waals surface area contributed by atoms with Crippen LogP contribution in [0.1, 0.15) is 50.2 Å². The molecule has 275 valence electrons. The minimum atomic E-state index is -2.18. The minimum Gasteiger partial charge on any atom is -0.501 e. The molecular weight excluding hydrogens is 865 g/mol. The molecule has 0 bridgehead atoms. The van der Waals surface area contributed by atoms with Crippen LogP contribution in [0.25, 0.3) is 66.0 Å². The molecule has 0 fully saturated rings. The number of aromatic nitrogens is 2. The van der Waals surface area contributed by atoms with E-state index in [1.807, 2.05) is 50.2 Å². The summed E-state index contributed by atoms with van der Waals surface area (Å²) < 4.78 is 55.1. The number of fused-ring (bicyclic) bond motifs is 6. The fourth-order valence-electron chi connectivity index (χ4n) is 6.88. The molecule has 3 aromatic heterocycles. The third-order valence-corrected chi connectivity index (χ3v) is 11.8. The van der Waals surface area contributed by atoms with Gasteiger partial charge in [0.25, 0.3) is 0 Å². The van der Waals surface area contributed by atoms with Crippen LogP contribution in [0.15, 0.2) is 144 Å².